The summed E-state index contributed by atoms with van der Waals surface area (Å²) in [5.74, 6) is 0.880. The van der Waals surface area contributed by atoms with Gasteiger partial charge in [0.15, 0.2) is 11.5 Å². The molecule has 1 N–H and O–H groups in total. The first-order chi connectivity index (χ1) is 10.0. The van der Waals surface area contributed by atoms with Crippen LogP contribution in [0.4, 0.5) is 4.79 Å². The van der Waals surface area contributed by atoms with E-state index in [1.165, 1.54) is 0 Å². The molecule has 1 saturated heterocycles. The molecule has 1 aliphatic rings. The number of rotatable bonds is 4. The van der Waals surface area contributed by atoms with Crippen LogP contribution in [0, 0.1) is 3.57 Å². The molecule has 0 aliphatic carbocycles. The van der Waals surface area contributed by atoms with Crippen LogP contribution in [0.25, 0.3) is 6.08 Å². The summed E-state index contributed by atoms with van der Waals surface area (Å²) < 4.78 is 11.4. The molecule has 1 fully saturated rings. The van der Waals surface area contributed by atoms with Crippen molar-refractivity contribution in [2.24, 2.45) is 0 Å². The van der Waals surface area contributed by atoms with Crippen LogP contribution in [0.2, 0.25) is 0 Å². The van der Waals surface area contributed by atoms with Gasteiger partial charge in [-0.25, -0.2) is 4.79 Å². The van der Waals surface area contributed by atoms with Gasteiger partial charge in [-0.15, -0.1) is 0 Å². The minimum atomic E-state index is -0.399. The lowest BCUT2D eigenvalue weighted by molar-refractivity contribution is -0.122. The van der Waals surface area contributed by atoms with Crippen molar-refractivity contribution < 1.29 is 19.1 Å². The molecule has 0 atom stereocenters. The second-order valence-corrected chi connectivity index (χ2v) is 5.44. The van der Waals surface area contributed by atoms with Crippen molar-refractivity contribution in [3.63, 3.8) is 0 Å². The number of carbonyl (C=O) groups excluding carboxylic acids is 2. The van der Waals surface area contributed by atoms with E-state index in [1.54, 1.807) is 33.3 Å². The molecule has 0 bridgehead atoms. The van der Waals surface area contributed by atoms with Crippen LogP contribution in [-0.4, -0.2) is 37.6 Å². The van der Waals surface area contributed by atoms with E-state index in [-0.39, 0.29) is 11.6 Å². The van der Waals surface area contributed by atoms with Crippen LogP contribution in [0.1, 0.15) is 12.5 Å². The summed E-state index contributed by atoms with van der Waals surface area (Å²) in [6.07, 6.45) is 1.63. The molecule has 0 unspecified atom stereocenters. The third-order valence-corrected chi connectivity index (χ3v) is 3.85. The Labute approximate surface area is 136 Å². The summed E-state index contributed by atoms with van der Waals surface area (Å²) >= 11 is 2.13. The summed E-state index contributed by atoms with van der Waals surface area (Å²) in [6.45, 7) is 2.09. The smallest absolute Gasteiger partial charge is 0.328 e. The molecule has 7 heteroatoms. The lowest BCUT2D eigenvalue weighted by atomic mass is 10.1. The van der Waals surface area contributed by atoms with E-state index < -0.39 is 6.03 Å². The fourth-order valence-corrected chi connectivity index (χ4v) is 2.89. The number of methoxy groups -OCH3 is 2. The highest BCUT2D eigenvalue weighted by atomic mass is 127. The van der Waals surface area contributed by atoms with Crippen molar-refractivity contribution >= 4 is 40.6 Å². The Morgan fingerprint density at radius 3 is 2.52 bits per heavy atom. The molecule has 112 valence electrons. The predicted octanol–water partition coefficient (Wildman–Crippen LogP) is 2.22. The highest BCUT2D eigenvalue weighted by molar-refractivity contribution is 14.1. The Morgan fingerprint density at radius 2 is 2.00 bits per heavy atom. The van der Waals surface area contributed by atoms with E-state index in [9.17, 15) is 9.59 Å². The number of benzene rings is 1. The predicted molar refractivity (Wildman–Crippen MR) is 86.2 cm³/mol. The number of ether oxygens (including phenoxy) is 2. The first-order valence-corrected chi connectivity index (χ1v) is 7.35. The van der Waals surface area contributed by atoms with Crippen LogP contribution >= 0.6 is 22.6 Å². The van der Waals surface area contributed by atoms with Gasteiger partial charge in [-0.05, 0) is 53.3 Å². The summed E-state index contributed by atoms with van der Waals surface area (Å²) in [5.41, 5.74) is 1.00. The van der Waals surface area contributed by atoms with E-state index in [1.807, 2.05) is 6.07 Å². The summed E-state index contributed by atoms with van der Waals surface area (Å²) in [7, 11) is 3.12. The molecule has 1 aliphatic heterocycles. The van der Waals surface area contributed by atoms with Crippen molar-refractivity contribution in [3.05, 3.63) is 27.0 Å². The number of urea groups is 1. The first kappa shape index (κ1) is 15.6. The molecule has 0 saturated carbocycles. The van der Waals surface area contributed by atoms with Gasteiger partial charge in [-0.1, -0.05) is 0 Å². The standard InChI is InChI=1S/C14H15IN2O4/c1-4-17-13(18)10(16-14(17)19)6-8-5-9(15)12(21-3)11(7-8)20-2/h5-7H,4H2,1-3H3,(H,16,19)/b10-6+. The quantitative estimate of drug-likeness (QED) is 0.477. The van der Waals surface area contributed by atoms with Gasteiger partial charge < -0.3 is 14.8 Å². The van der Waals surface area contributed by atoms with Gasteiger partial charge in [0.2, 0.25) is 0 Å². The number of amides is 3. The monoisotopic (exact) mass is 402 g/mol. The van der Waals surface area contributed by atoms with Crippen LogP contribution in [0.3, 0.4) is 0 Å². The van der Waals surface area contributed by atoms with Crippen molar-refractivity contribution in [3.8, 4) is 11.5 Å². The van der Waals surface area contributed by atoms with Gasteiger partial charge in [0.25, 0.3) is 5.91 Å². The van der Waals surface area contributed by atoms with Crippen LogP contribution in [-0.2, 0) is 4.79 Å². The molecular formula is C14H15IN2O4. The minimum absolute atomic E-state index is 0.255. The average Bonchev–Trinajstić information content (AvgIpc) is 2.72. The first-order valence-electron chi connectivity index (χ1n) is 6.27. The maximum atomic E-state index is 12.0. The molecular weight excluding hydrogens is 387 g/mol. The topological polar surface area (TPSA) is 67.9 Å². The molecule has 0 spiro atoms. The third kappa shape index (κ3) is 2.97. The van der Waals surface area contributed by atoms with Gasteiger partial charge in [-0.3, -0.25) is 9.69 Å². The number of hydrogen-bond acceptors (Lipinski definition) is 4. The lowest BCUT2D eigenvalue weighted by Crippen LogP contribution is -2.30. The van der Waals surface area contributed by atoms with Gasteiger partial charge in [-0.2, -0.15) is 0 Å². The fraction of sp³-hybridized carbons (Fsp3) is 0.286. The zero-order valence-electron chi connectivity index (χ0n) is 11.9. The molecule has 3 amide bonds. The van der Waals surface area contributed by atoms with E-state index in [0.717, 1.165) is 14.0 Å². The molecule has 1 heterocycles. The SMILES string of the molecule is CCN1C(=O)N/C(=C/c2cc(I)c(OC)c(OC)c2)C1=O. The van der Waals surface area contributed by atoms with Crippen molar-refractivity contribution in [2.75, 3.05) is 20.8 Å². The summed E-state index contributed by atoms with van der Waals surface area (Å²) in [4.78, 5) is 24.8. The highest BCUT2D eigenvalue weighted by Gasteiger charge is 2.32. The Bertz CT molecular complexity index is 628. The zero-order chi connectivity index (χ0) is 15.6. The fourth-order valence-electron chi connectivity index (χ4n) is 2.05. The Morgan fingerprint density at radius 1 is 1.29 bits per heavy atom. The minimum Gasteiger partial charge on any atom is -0.493 e. The Kier molecular flexibility index (Phi) is 4.71. The molecule has 6 nitrogen and oxygen atoms in total. The summed E-state index contributed by atoms with van der Waals surface area (Å²) in [5, 5.41) is 2.56. The van der Waals surface area contributed by atoms with E-state index in [2.05, 4.69) is 27.9 Å². The number of nitrogens with one attached hydrogen (secondary N) is 1. The van der Waals surface area contributed by atoms with E-state index in [0.29, 0.717) is 18.0 Å². The number of carbonyl (C=O) groups is 2. The third-order valence-electron chi connectivity index (χ3n) is 3.05. The molecule has 0 radical (unpaired) electrons. The van der Waals surface area contributed by atoms with Crippen molar-refractivity contribution in [2.45, 2.75) is 6.92 Å². The largest absolute Gasteiger partial charge is 0.493 e. The second-order valence-electron chi connectivity index (χ2n) is 4.28. The number of imide groups is 1. The van der Waals surface area contributed by atoms with Gasteiger partial charge in [0.1, 0.15) is 5.70 Å². The molecule has 1 aromatic rings. The maximum absolute atomic E-state index is 12.0. The van der Waals surface area contributed by atoms with Crippen LogP contribution in [0.15, 0.2) is 17.8 Å². The number of halogens is 1. The van der Waals surface area contributed by atoms with E-state index in [4.69, 9.17) is 9.47 Å². The number of likely N-dealkylation sites (N-methyl/N-ethyl adjacent to an activating group) is 1. The Balaban J connectivity index is 2.40. The molecule has 2 rings (SSSR count). The van der Waals surface area contributed by atoms with E-state index >= 15 is 0 Å². The second kappa shape index (κ2) is 6.33. The molecule has 1 aromatic carbocycles. The lowest BCUT2D eigenvalue weighted by Gasteiger charge is -2.10. The maximum Gasteiger partial charge on any atom is 0.328 e. The van der Waals surface area contributed by atoms with Crippen LogP contribution in [0.5, 0.6) is 11.5 Å². The number of hydrogen-bond donors (Lipinski definition) is 1. The van der Waals surface area contributed by atoms with Crippen molar-refractivity contribution in [1.29, 1.82) is 0 Å². The van der Waals surface area contributed by atoms with Crippen LogP contribution < -0.4 is 14.8 Å². The van der Waals surface area contributed by atoms with Crippen molar-refractivity contribution in [1.82, 2.24) is 10.2 Å². The zero-order valence-corrected chi connectivity index (χ0v) is 14.1. The number of nitrogens with zero attached hydrogens (tertiary/aromatic N) is 1. The summed E-state index contributed by atoms with van der Waals surface area (Å²) in [6, 6.07) is 3.20. The highest BCUT2D eigenvalue weighted by Crippen LogP contribution is 2.34. The van der Waals surface area contributed by atoms with Gasteiger partial charge in [0, 0.05) is 6.54 Å². The molecule has 21 heavy (non-hydrogen) atoms. The molecule has 0 aromatic heterocycles. The van der Waals surface area contributed by atoms with Gasteiger partial charge >= 0.3 is 6.03 Å². The normalized spacial score (nSPS) is 16.4. The van der Waals surface area contributed by atoms with Gasteiger partial charge in [0.05, 0.1) is 17.8 Å². The average molecular weight is 402 g/mol. The Hall–Kier alpha value is -1.77.